The lowest BCUT2D eigenvalue weighted by molar-refractivity contribution is 0.00131. The van der Waals surface area contributed by atoms with Crippen molar-refractivity contribution in [1.82, 2.24) is 20.0 Å². The zero-order chi connectivity index (χ0) is 23.2. The summed E-state index contributed by atoms with van der Waals surface area (Å²) in [5, 5.41) is 7.48. The average Bonchev–Trinajstić information content (AvgIpc) is 3.38. The van der Waals surface area contributed by atoms with Gasteiger partial charge in [0.05, 0.1) is 26.0 Å². The van der Waals surface area contributed by atoms with E-state index in [0.717, 1.165) is 43.2 Å². The van der Waals surface area contributed by atoms with Gasteiger partial charge in [0.2, 0.25) is 0 Å². The zero-order valence-corrected chi connectivity index (χ0v) is 20.1. The largest absolute Gasteiger partial charge is 0.493 e. The van der Waals surface area contributed by atoms with Crippen LogP contribution >= 0.6 is 0 Å². The number of fused-ring (bicyclic) bond motifs is 6. The van der Waals surface area contributed by atoms with Gasteiger partial charge < -0.3 is 14.4 Å². The summed E-state index contributed by atoms with van der Waals surface area (Å²) in [5.74, 6) is 2.59. The molecule has 3 saturated heterocycles. The van der Waals surface area contributed by atoms with Crippen molar-refractivity contribution in [3.63, 3.8) is 0 Å². The third-order valence-electron chi connectivity index (χ3n) is 8.41. The van der Waals surface area contributed by atoms with Crippen LogP contribution < -0.4 is 9.47 Å². The van der Waals surface area contributed by atoms with E-state index in [4.69, 9.17) is 9.47 Å². The molecule has 0 unspecified atom stereocenters. The smallest absolute Gasteiger partial charge is 0.272 e. The maximum atomic E-state index is 13.7. The first-order chi connectivity index (χ1) is 16.7. The molecule has 1 aliphatic carbocycles. The summed E-state index contributed by atoms with van der Waals surface area (Å²) in [6.07, 6.45) is 9.96. The molecule has 180 valence electrons. The molecule has 1 amide bonds. The number of amides is 1. The first-order valence-electron chi connectivity index (χ1n) is 12.7. The van der Waals surface area contributed by atoms with Crippen LogP contribution in [0.4, 0.5) is 0 Å². The second kappa shape index (κ2) is 8.77. The Kier molecular flexibility index (Phi) is 5.60. The van der Waals surface area contributed by atoms with E-state index < -0.39 is 0 Å². The highest BCUT2D eigenvalue weighted by Gasteiger charge is 2.47. The van der Waals surface area contributed by atoms with E-state index in [2.05, 4.69) is 26.1 Å². The number of benzene rings is 1. The average molecular weight is 463 g/mol. The number of methoxy groups -OCH3 is 2. The van der Waals surface area contributed by atoms with Crippen LogP contribution in [0.3, 0.4) is 0 Å². The summed E-state index contributed by atoms with van der Waals surface area (Å²) in [4.78, 5) is 18.6. The van der Waals surface area contributed by atoms with Gasteiger partial charge in [-0.15, -0.1) is 0 Å². The zero-order valence-electron chi connectivity index (χ0n) is 20.1. The normalized spacial score (nSPS) is 28.5. The number of carbonyl (C=O) groups is 1. The number of nitrogens with one attached hydrogen (secondary N) is 1. The van der Waals surface area contributed by atoms with Crippen molar-refractivity contribution in [3.05, 3.63) is 41.6 Å². The first-order valence-corrected chi connectivity index (χ1v) is 12.7. The molecule has 0 saturated carbocycles. The molecule has 3 aliphatic heterocycles. The number of H-pyrrole nitrogens is 1. The van der Waals surface area contributed by atoms with Crippen LogP contribution in [0.5, 0.6) is 11.5 Å². The second-order valence-corrected chi connectivity index (χ2v) is 10.2. The van der Waals surface area contributed by atoms with E-state index in [9.17, 15) is 4.79 Å². The van der Waals surface area contributed by atoms with E-state index in [1.165, 1.54) is 37.8 Å². The molecule has 3 fully saturated rings. The molecule has 0 spiro atoms. The molecule has 2 bridgehead atoms. The molecular weight excluding hydrogens is 428 g/mol. The van der Waals surface area contributed by atoms with Crippen molar-refractivity contribution in [2.24, 2.45) is 11.8 Å². The van der Waals surface area contributed by atoms with Gasteiger partial charge in [0.25, 0.3) is 5.91 Å². The Bertz CT molecular complexity index is 1110. The van der Waals surface area contributed by atoms with Crippen molar-refractivity contribution in [2.45, 2.75) is 50.6 Å². The maximum Gasteiger partial charge on any atom is 0.272 e. The molecule has 1 aromatic carbocycles. The molecule has 4 atom stereocenters. The van der Waals surface area contributed by atoms with Gasteiger partial charge >= 0.3 is 0 Å². The second-order valence-electron chi connectivity index (χ2n) is 10.2. The van der Waals surface area contributed by atoms with Gasteiger partial charge in [-0.3, -0.25) is 14.8 Å². The van der Waals surface area contributed by atoms with Crippen LogP contribution in [-0.4, -0.2) is 71.8 Å². The van der Waals surface area contributed by atoms with Crippen LogP contribution in [-0.2, 0) is 0 Å². The number of piperidine rings is 3. The molecule has 4 heterocycles. The predicted molar refractivity (Wildman–Crippen MR) is 130 cm³/mol. The van der Waals surface area contributed by atoms with E-state index in [1.54, 1.807) is 14.2 Å². The van der Waals surface area contributed by atoms with Crippen molar-refractivity contribution in [3.8, 4) is 22.8 Å². The Hall–Kier alpha value is -2.80. The lowest BCUT2D eigenvalue weighted by Gasteiger charge is -2.54. The van der Waals surface area contributed by atoms with Crippen molar-refractivity contribution in [1.29, 1.82) is 0 Å². The minimum atomic E-state index is 0.0639. The van der Waals surface area contributed by atoms with E-state index in [-0.39, 0.29) is 11.9 Å². The van der Waals surface area contributed by atoms with Gasteiger partial charge in [-0.05, 0) is 74.8 Å². The van der Waals surface area contributed by atoms with Crippen molar-refractivity contribution in [2.75, 3.05) is 33.9 Å². The van der Waals surface area contributed by atoms with Gasteiger partial charge in [-0.2, -0.15) is 5.10 Å². The van der Waals surface area contributed by atoms with Gasteiger partial charge in [0.1, 0.15) is 5.69 Å². The molecular formula is C27H34N4O3. The fourth-order valence-electron chi connectivity index (χ4n) is 6.93. The molecule has 34 heavy (non-hydrogen) atoms. The molecule has 6 rings (SSSR count). The number of aromatic amines is 1. The van der Waals surface area contributed by atoms with E-state index in [0.29, 0.717) is 29.0 Å². The Morgan fingerprint density at radius 3 is 2.82 bits per heavy atom. The summed E-state index contributed by atoms with van der Waals surface area (Å²) in [6, 6.07) is 8.51. The number of carbonyl (C=O) groups excluding carboxylic acids is 1. The van der Waals surface area contributed by atoms with Crippen molar-refractivity contribution >= 4 is 5.91 Å². The Morgan fingerprint density at radius 2 is 1.97 bits per heavy atom. The van der Waals surface area contributed by atoms with Gasteiger partial charge in [0.15, 0.2) is 11.5 Å². The van der Waals surface area contributed by atoms with Gasteiger partial charge in [-0.25, -0.2) is 0 Å². The quantitative estimate of drug-likeness (QED) is 0.692. The number of hydrogen-bond donors (Lipinski definition) is 1. The van der Waals surface area contributed by atoms with Crippen LogP contribution in [0.15, 0.2) is 35.9 Å². The SMILES string of the molecule is COc1ccc(-c2cc(C(=O)N3CCCC4=C[C@H]5C[C@H](CN6CCCC[C@@H]56)[C@@H]43)[nH]n2)cc1OC. The summed E-state index contributed by atoms with van der Waals surface area (Å²) in [7, 11) is 3.24. The third-order valence-corrected chi connectivity index (χ3v) is 8.41. The number of likely N-dealkylation sites (tertiary alicyclic amines) is 1. The number of aromatic nitrogens is 2. The lowest BCUT2D eigenvalue weighted by Crippen LogP contribution is -2.60. The monoisotopic (exact) mass is 462 g/mol. The Morgan fingerprint density at radius 1 is 1.09 bits per heavy atom. The first kappa shape index (κ1) is 21.7. The topological polar surface area (TPSA) is 70.7 Å². The van der Waals surface area contributed by atoms with E-state index >= 15 is 0 Å². The number of nitrogens with zero attached hydrogens (tertiary/aromatic N) is 3. The fraction of sp³-hybridized carbons (Fsp3) is 0.556. The minimum absolute atomic E-state index is 0.0639. The Balaban J connectivity index is 1.26. The third kappa shape index (κ3) is 3.61. The van der Waals surface area contributed by atoms with E-state index in [1.807, 2.05) is 24.3 Å². The highest BCUT2D eigenvalue weighted by atomic mass is 16.5. The van der Waals surface area contributed by atoms with Crippen LogP contribution in [0.1, 0.15) is 49.0 Å². The number of hydrogen-bond acceptors (Lipinski definition) is 5. The highest BCUT2D eigenvalue weighted by molar-refractivity contribution is 5.94. The van der Waals surface area contributed by atoms with Crippen LogP contribution in [0.25, 0.3) is 11.3 Å². The minimum Gasteiger partial charge on any atom is -0.493 e. The summed E-state index contributed by atoms with van der Waals surface area (Å²) < 4.78 is 10.8. The molecule has 1 aromatic heterocycles. The molecule has 0 radical (unpaired) electrons. The summed E-state index contributed by atoms with van der Waals surface area (Å²) >= 11 is 0. The number of ether oxygens (including phenoxy) is 2. The van der Waals surface area contributed by atoms with Crippen molar-refractivity contribution < 1.29 is 14.3 Å². The summed E-state index contributed by atoms with van der Waals surface area (Å²) in [5.41, 5.74) is 3.68. The summed E-state index contributed by atoms with van der Waals surface area (Å²) in [6.45, 7) is 3.17. The molecule has 1 N–H and O–H groups in total. The van der Waals surface area contributed by atoms with Gasteiger partial charge in [-0.1, -0.05) is 18.1 Å². The van der Waals surface area contributed by atoms with Gasteiger partial charge in [0, 0.05) is 24.7 Å². The fourth-order valence-corrected chi connectivity index (χ4v) is 6.93. The highest BCUT2D eigenvalue weighted by Crippen LogP contribution is 2.45. The molecule has 4 aliphatic rings. The molecule has 7 nitrogen and oxygen atoms in total. The maximum absolute atomic E-state index is 13.7. The number of rotatable bonds is 4. The Labute approximate surface area is 201 Å². The molecule has 7 heteroatoms. The molecule has 2 aromatic rings. The van der Waals surface area contributed by atoms with Crippen LogP contribution in [0.2, 0.25) is 0 Å². The predicted octanol–water partition coefficient (Wildman–Crippen LogP) is 4.13. The lowest BCUT2D eigenvalue weighted by atomic mass is 9.68. The standard InChI is InChI=1S/C27H34N4O3/c1-33-24-9-8-17(14-25(24)34-2)21-15-22(29-28-21)27(32)31-11-5-6-18-12-19-13-20(26(18)31)16-30-10-4-3-7-23(19)30/h8-9,12,14-15,19-20,23,26H,3-7,10-11,13,16H2,1-2H3,(H,28,29)/t19-,20+,23-,26+/m0/s1. The van der Waals surface area contributed by atoms with Crippen LogP contribution in [0, 0.1) is 11.8 Å².